The third-order valence-corrected chi connectivity index (χ3v) is 5.50. The highest BCUT2D eigenvalue weighted by molar-refractivity contribution is 5.94. The first-order valence-electron chi connectivity index (χ1n) is 10.3. The molecule has 1 aliphatic carbocycles. The molecule has 1 N–H and O–H groups in total. The quantitative estimate of drug-likeness (QED) is 0.733. The first kappa shape index (κ1) is 20.4. The predicted octanol–water partition coefficient (Wildman–Crippen LogP) is 2.46. The number of allylic oxidation sites excluding steroid dienone is 1. The van der Waals surface area contributed by atoms with Crippen LogP contribution in [0, 0.1) is 0 Å². The van der Waals surface area contributed by atoms with Crippen LogP contribution in [0.3, 0.4) is 0 Å². The molecule has 2 aliphatic rings. The van der Waals surface area contributed by atoms with Crippen LogP contribution >= 0.6 is 0 Å². The van der Waals surface area contributed by atoms with E-state index in [4.69, 9.17) is 4.74 Å². The second-order valence-corrected chi connectivity index (χ2v) is 7.51. The molecule has 1 fully saturated rings. The van der Waals surface area contributed by atoms with Gasteiger partial charge in [-0.15, -0.1) is 0 Å². The second-order valence-electron chi connectivity index (χ2n) is 7.51. The van der Waals surface area contributed by atoms with Gasteiger partial charge in [0, 0.05) is 38.3 Å². The van der Waals surface area contributed by atoms with Gasteiger partial charge in [0.2, 0.25) is 5.91 Å². The summed E-state index contributed by atoms with van der Waals surface area (Å²) in [6, 6.07) is 7.24. The average molecular weight is 386 g/mol. The first-order valence-corrected chi connectivity index (χ1v) is 10.3. The summed E-state index contributed by atoms with van der Waals surface area (Å²) < 4.78 is 5.20. The molecule has 0 radical (unpaired) electrons. The molecular weight excluding hydrogens is 354 g/mol. The molecule has 0 unspecified atom stereocenters. The van der Waals surface area contributed by atoms with Gasteiger partial charge in [-0.3, -0.25) is 14.5 Å². The Morgan fingerprint density at radius 1 is 1.14 bits per heavy atom. The molecule has 28 heavy (non-hydrogen) atoms. The van der Waals surface area contributed by atoms with Gasteiger partial charge in [-0.2, -0.15) is 0 Å². The highest BCUT2D eigenvalue weighted by Crippen LogP contribution is 2.19. The Hall–Kier alpha value is -2.34. The largest absolute Gasteiger partial charge is 0.497 e. The lowest BCUT2D eigenvalue weighted by Gasteiger charge is -2.34. The normalized spacial score (nSPS) is 17.8. The zero-order chi connectivity index (χ0) is 19.8. The lowest BCUT2D eigenvalue weighted by molar-refractivity contribution is -0.122. The molecule has 0 spiro atoms. The van der Waals surface area contributed by atoms with Crippen molar-refractivity contribution in [3.63, 3.8) is 0 Å². The molecule has 1 aromatic rings. The van der Waals surface area contributed by atoms with Gasteiger partial charge in [0.25, 0.3) is 5.91 Å². The van der Waals surface area contributed by atoms with Crippen LogP contribution in [0.1, 0.15) is 42.5 Å². The van der Waals surface area contributed by atoms with E-state index in [-0.39, 0.29) is 11.8 Å². The fourth-order valence-corrected chi connectivity index (χ4v) is 3.80. The van der Waals surface area contributed by atoms with Crippen molar-refractivity contribution in [1.82, 2.24) is 15.1 Å². The summed E-state index contributed by atoms with van der Waals surface area (Å²) >= 11 is 0. The number of carbonyl (C=O) groups is 2. The standard InChI is InChI=1S/C22H31N3O3/c1-28-20-9-5-8-19(16-20)22(27)25-14-12-24(13-15-25)17-21(26)23-11-10-18-6-3-2-4-7-18/h5-6,8-9,16H,2-4,7,10-15,17H2,1H3,(H,23,26). The lowest BCUT2D eigenvalue weighted by atomic mass is 9.97. The number of nitrogens with one attached hydrogen (secondary N) is 1. The van der Waals surface area contributed by atoms with E-state index in [0.29, 0.717) is 44.0 Å². The SMILES string of the molecule is COc1cccc(C(=O)N2CCN(CC(=O)NCCC3=CCCCC3)CC2)c1. The molecule has 0 atom stereocenters. The predicted molar refractivity (Wildman–Crippen MR) is 110 cm³/mol. The summed E-state index contributed by atoms with van der Waals surface area (Å²) in [4.78, 5) is 28.8. The molecular formula is C22H31N3O3. The Balaban J connectivity index is 1.38. The van der Waals surface area contributed by atoms with Gasteiger partial charge < -0.3 is 15.0 Å². The van der Waals surface area contributed by atoms with E-state index < -0.39 is 0 Å². The maximum atomic E-state index is 12.7. The summed E-state index contributed by atoms with van der Waals surface area (Å²) in [6.07, 6.45) is 8.23. The summed E-state index contributed by atoms with van der Waals surface area (Å²) in [5, 5.41) is 3.03. The van der Waals surface area contributed by atoms with E-state index in [1.807, 2.05) is 23.1 Å². The number of hydrogen-bond donors (Lipinski definition) is 1. The molecule has 2 amide bonds. The van der Waals surface area contributed by atoms with E-state index in [2.05, 4.69) is 16.3 Å². The maximum absolute atomic E-state index is 12.7. The number of amides is 2. The number of nitrogens with zero attached hydrogens (tertiary/aromatic N) is 2. The molecule has 0 bridgehead atoms. The minimum atomic E-state index is 0.0174. The van der Waals surface area contributed by atoms with Crippen LogP contribution in [-0.2, 0) is 4.79 Å². The molecule has 152 valence electrons. The van der Waals surface area contributed by atoms with Gasteiger partial charge in [-0.25, -0.2) is 0 Å². The Bertz CT molecular complexity index is 709. The van der Waals surface area contributed by atoms with Crippen LogP contribution in [0.4, 0.5) is 0 Å². The number of rotatable bonds is 7. The van der Waals surface area contributed by atoms with Crippen molar-refractivity contribution >= 4 is 11.8 Å². The number of benzene rings is 1. The Morgan fingerprint density at radius 2 is 1.96 bits per heavy atom. The van der Waals surface area contributed by atoms with Gasteiger partial charge in [-0.05, 0) is 50.3 Å². The third kappa shape index (κ3) is 5.83. The maximum Gasteiger partial charge on any atom is 0.254 e. The minimum Gasteiger partial charge on any atom is -0.497 e. The number of ether oxygens (including phenoxy) is 1. The number of methoxy groups -OCH3 is 1. The van der Waals surface area contributed by atoms with Crippen molar-refractivity contribution in [2.45, 2.75) is 32.1 Å². The molecule has 1 saturated heterocycles. The lowest BCUT2D eigenvalue weighted by Crippen LogP contribution is -2.51. The molecule has 6 heteroatoms. The van der Waals surface area contributed by atoms with Crippen molar-refractivity contribution in [2.75, 3.05) is 46.4 Å². The second kappa shape index (κ2) is 10.3. The average Bonchev–Trinajstić information content (AvgIpc) is 2.74. The summed E-state index contributed by atoms with van der Waals surface area (Å²) in [5.41, 5.74) is 2.12. The van der Waals surface area contributed by atoms with Crippen molar-refractivity contribution in [3.05, 3.63) is 41.5 Å². The fraction of sp³-hybridized carbons (Fsp3) is 0.545. The Labute approximate surface area is 167 Å². The van der Waals surface area contributed by atoms with E-state index in [1.54, 1.807) is 13.2 Å². The third-order valence-electron chi connectivity index (χ3n) is 5.50. The summed E-state index contributed by atoms with van der Waals surface area (Å²) in [7, 11) is 1.60. The van der Waals surface area contributed by atoms with E-state index in [0.717, 1.165) is 13.0 Å². The van der Waals surface area contributed by atoms with Crippen LogP contribution in [0.15, 0.2) is 35.9 Å². The Morgan fingerprint density at radius 3 is 2.68 bits per heavy atom. The zero-order valence-corrected chi connectivity index (χ0v) is 16.8. The smallest absolute Gasteiger partial charge is 0.254 e. The highest BCUT2D eigenvalue weighted by Gasteiger charge is 2.23. The molecule has 1 heterocycles. The van der Waals surface area contributed by atoms with Gasteiger partial charge in [0.15, 0.2) is 0 Å². The number of hydrogen-bond acceptors (Lipinski definition) is 4. The number of piperazine rings is 1. The van der Waals surface area contributed by atoms with Crippen LogP contribution in [0.2, 0.25) is 0 Å². The summed E-state index contributed by atoms with van der Waals surface area (Å²) in [5.74, 6) is 0.776. The van der Waals surface area contributed by atoms with Gasteiger partial charge >= 0.3 is 0 Å². The number of carbonyl (C=O) groups excluding carboxylic acids is 2. The van der Waals surface area contributed by atoms with E-state index >= 15 is 0 Å². The molecule has 1 aromatic carbocycles. The highest BCUT2D eigenvalue weighted by atomic mass is 16.5. The summed E-state index contributed by atoms with van der Waals surface area (Å²) in [6.45, 7) is 3.83. The van der Waals surface area contributed by atoms with Crippen LogP contribution in [0.5, 0.6) is 5.75 Å². The first-order chi connectivity index (χ1) is 13.7. The molecule has 3 rings (SSSR count). The van der Waals surface area contributed by atoms with Gasteiger partial charge in [0.05, 0.1) is 13.7 Å². The molecule has 0 aromatic heterocycles. The van der Waals surface area contributed by atoms with Crippen molar-refractivity contribution in [2.24, 2.45) is 0 Å². The monoisotopic (exact) mass is 385 g/mol. The fourth-order valence-electron chi connectivity index (χ4n) is 3.80. The van der Waals surface area contributed by atoms with Crippen LogP contribution < -0.4 is 10.1 Å². The Kier molecular flexibility index (Phi) is 7.48. The van der Waals surface area contributed by atoms with Crippen molar-refractivity contribution in [1.29, 1.82) is 0 Å². The molecule has 0 saturated carbocycles. The topological polar surface area (TPSA) is 61.9 Å². The van der Waals surface area contributed by atoms with Crippen molar-refractivity contribution in [3.8, 4) is 5.75 Å². The molecule has 6 nitrogen and oxygen atoms in total. The van der Waals surface area contributed by atoms with Gasteiger partial charge in [-0.1, -0.05) is 17.7 Å². The van der Waals surface area contributed by atoms with E-state index in [9.17, 15) is 9.59 Å². The zero-order valence-electron chi connectivity index (χ0n) is 16.8. The van der Waals surface area contributed by atoms with Gasteiger partial charge in [0.1, 0.15) is 5.75 Å². The van der Waals surface area contributed by atoms with Crippen LogP contribution in [-0.4, -0.2) is 68.0 Å². The van der Waals surface area contributed by atoms with E-state index in [1.165, 1.54) is 31.3 Å². The minimum absolute atomic E-state index is 0.0174. The molecule has 1 aliphatic heterocycles. The van der Waals surface area contributed by atoms with Crippen LogP contribution in [0.25, 0.3) is 0 Å². The van der Waals surface area contributed by atoms with Crippen molar-refractivity contribution < 1.29 is 14.3 Å².